The quantitative estimate of drug-likeness (QED) is 0.707. The van der Waals surface area contributed by atoms with Gasteiger partial charge in [-0.2, -0.15) is 0 Å². The third kappa shape index (κ3) is 4.09. The molecule has 0 saturated carbocycles. The Bertz CT molecular complexity index is 188. The average Bonchev–Trinajstić information content (AvgIpc) is 2.12. The third-order valence-electron chi connectivity index (χ3n) is 3.06. The summed E-state index contributed by atoms with van der Waals surface area (Å²) in [6.45, 7) is 11.2. The molecule has 3 N–H and O–H groups in total. The topological polar surface area (TPSA) is 55.1 Å². The molecule has 0 aromatic heterocycles. The first-order chi connectivity index (χ1) is 6.31. The predicted octanol–water partition coefficient (Wildman–Crippen LogP) is 1.52. The Kier molecular flexibility index (Phi) is 5.13. The first-order valence-electron chi connectivity index (χ1n) is 5.34. The van der Waals surface area contributed by atoms with Gasteiger partial charge in [-0.3, -0.25) is 4.79 Å². The lowest BCUT2D eigenvalue weighted by Crippen LogP contribution is -2.44. The van der Waals surface area contributed by atoms with Gasteiger partial charge in [-0.05, 0) is 17.8 Å². The van der Waals surface area contributed by atoms with Crippen LogP contribution in [-0.4, -0.2) is 18.5 Å². The van der Waals surface area contributed by atoms with Gasteiger partial charge < -0.3 is 11.1 Å². The molecule has 0 bridgehead atoms. The van der Waals surface area contributed by atoms with Gasteiger partial charge in [0, 0.05) is 6.54 Å². The maximum absolute atomic E-state index is 11.4. The number of carbonyl (C=O) groups excluding carboxylic acids is 1. The van der Waals surface area contributed by atoms with Crippen molar-refractivity contribution in [2.75, 3.05) is 6.54 Å². The molecule has 1 atom stereocenters. The van der Waals surface area contributed by atoms with Crippen LogP contribution < -0.4 is 11.1 Å². The van der Waals surface area contributed by atoms with Crippen molar-refractivity contribution in [2.24, 2.45) is 17.1 Å². The molecule has 3 nitrogen and oxygen atoms in total. The number of hydrogen-bond acceptors (Lipinski definition) is 2. The van der Waals surface area contributed by atoms with Gasteiger partial charge in [0.05, 0.1) is 6.04 Å². The van der Waals surface area contributed by atoms with E-state index in [2.05, 4.69) is 33.0 Å². The van der Waals surface area contributed by atoms with E-state index in [-0.39, 0.29) is 17.4 Å². The van der Waals surface area contributed by atoms with Crippen molar-refractivity contribution in [3.63, 3.8) is 0 Å². The van der Waals surface area contributed by atoms with Crippen LogP contribution in [0.25, 0.3) is 0 Å². The fraction of sp³-hybridized carbons (Fsp3) is 0.909. The highest BCUT2D eigenvalue weighted by atomic mass is 16.2. The molecule has 0 spiro atoms. The summed E-state index contributed by atoms with van der Waals surface area (Å²) in [5.74, 6) is 0.502. The minimum absolute atomic E-state index is 0.0405. The maximum Gasteiger partial charge on any atom is 0.236 e. The van der Waals surface area contributed by atoms with Crippen molar-refractivity contribution in [1.82, 2.24) is 5.32 Å². The van der Waals surface area contributed by atoms with Gasteiger partial charge in [0.25, 0.3) is 0 Å². The van der Waals surface area contributed by atoms with Crippen molar-refractivity contribution < 1.29 is 4.79 Å². The molecule has 84 valence electrons. The van der Waals surface area contributed by atoms with Crippen molar-refractivity contribution in [3.05, 3.63) is 0 Å². The molecule has 0 rings (SSSR count). The van der Waals surface area contributed by atoms with Crippen molar-refractivity contribution in [1.29, 1.82) is 0 Å². The predicted molar refractivity (Wildman–Crippen MR) is 59.9 cm³/mol. The zero-order valence-corrected chi connectivity index (χ0v) is 10.1. The summed E-state index contributed by atoms with van der Waals surface area (Å²) in [6.07, 6.45) is 0.688. The second-order valence-electron chi connectivity index (χ2n) is 4.88. The molecule has 0 aromatic rings. The Morgan fingerprint density at radius 2 is 1.93 bits per heavy atom. The monoisotopic (exact) mass is 200 g/mol. The summed E-state index contributed by atoms with van der Waals surface area (Å²) in [7, 11) is 0. The van der Waals surface area contributed by atoms with E-state index in [0.717, 1.165) is 0 Å². The van der Waals surface area contributed by atoms with Crippen molar-refractivity contribution >= 4 is 5.91 Å². The molecule has 0 radical (unpaired) electrons. The summed E-state index contributed by atoms with van der Waals surface area (Å²) in [5.41, 5.74) is 5.74. The van der Waals surface area contributed by atoms with Crippen LogP contribution in [0.1, 0.15) is 41.0 Å². The molecule has 0 fully saturated rings. The molecule has 0 aliphatic rings. The van der Waals surface area contributed by atoms with Crippen LogP contribution in [0, 0.1) is 11.3 Å². The van der Waals surface area contributed by atoms with Gasteiger partial charge in [-0.15, -0.1) is 0 Å². The molecule has 14 heavy (non-hydrogen) atoms. The molecule has 0 aliphatic heterocycles. The van der Waals surface area contributed by atoms with Gasteiger partial charge >= 0.3 is 0 Å². The zero-order valence-electron chi connectivity index (χ0n) is 10.1. The summed E-state index contributed by atoms with van der Waals surface area (Å²) >= 11 is 0. The van der Waals surface area contributed by atoms with Crippen molar-refractivity contribution in [3.8, 4) is 0 Å². The number of nitrogens with two attached hydrogens (primary N) is 1. The molecule has 0 heterocycles. The van der Waals surface area contributed by atoms with E-state index in [1.165, 1.54) is 0 Å². The molecule has 0 aromatic carbocycles. The molecule has 0 aliphatic carbocycles. The van der Waals surface area contributed by atoms with E-state index >= 15 is 0 Å². The van der Waals surface area contributed by atoms with Crippen LogP contribution in [0.5, 0.6) is 0 Å². The lowest BCUT2D eigenvalue weighted by Gasteiger charge is -2.29. The van der Waals surface area contributed by atoms with Gasteiger partial charge in [0.2, 0.25) is 5.91 Å². The Labute approximate surface area is 87.4 Å². The van der Waals surface area contributed by atoms with E-state index in [0.29, 0.717) is 18.9 Å². The van der Waals surface area contributed by atoms with E-state index in [1.807, 2.05) is 6.92 Å². The third-order valence-corrected chi connectivity index (χ3v) is 3.06. The Morgan fingerprint density at radius 1 is 1.43 bits per heavy atom. The lowest BCUT2D eigenvalue weighted by atomic mass is 9.81. The first kappa shape index (κ1) is 13.4. The fourth-order valence-corrected chi connectivity index (χ4v) is 0.836. The van der Waals surface area contributed by atoms with Crippen LogP contribution >= 0.6 is 0 Å². The van der Waals surface area contributed by atoms with E-state index in [4.69, 9.17) is 5.73 Å². The number of rotatable bonds is 5. The average molecular weight is 200 g/mol. The number of nitrogens with one attached hydrogen (secondary N) is 1. The van der Waals surface area contributed by atoms with Crippen LogP contribution in [0.4, 0.5) is 0 Å². The zero-order chi connectivity index (χ0) is 11.4. The van der Waals surface area contributed by atoms with E-state index in [1.54, 1.807) is 0 Å². The van der Waals surface area contributed by atoms with E-state index in [9.17, 15) is 4.79 Å². The standard InChI is InChI=1S/C11H24N2O/c1-6-9(12)10(14)13-7-11(4,5)8(2)3/h8-9H,6-7,12H2,1-5H3,(H,13,14)/t9-/m1/s1. The molecular weight excluding hydrogens is 176 g/mol. The van der Waals surface area contributed by atoms with Gasteiger partial charge in [-0.25, -0.2) is 0 Å². The van der Waals surface area contributed by atoms with Crippen LogP contribution in [-0.2, 0) is 4.79 Å². The minimum Gasteiger partial charge on any atom is -0.354 e. The van der Waals surface area contributed by atoms with Crippen LogP contribution in [0.2, 0.25) is 0 Å². The van der Waals surface area contributed by atoms with Crippen LogP contribution in [0.3, 0.4) is 0 Å². The second-order valence-corrected chi connectivity index (χ2v) is 4.88. The smallest absolute Gasteiger partial charge is 0.236 e. The Hall–Kier alpha value is -0.570. The summed E-state index contributed by atoms with van der Waals surface area (Å²) in [4.78, 5) is 11.4. The first-order valence-corrected chi connectivity index (χ1v) is 5.34. The highest BCUT2D eigenvalue weighted by molar-refractivity contribution is 5.81. The molecular formula is C11H24N2O. The number of carbonyl (C=O) groups is 1. The van der Waals surface area contributed by atoms with Gasteiger partial charge in [0.15, 0.2) is 0 Å². The minimum atomic E-state index is -0.363. The van der Waals surface area contributed by atoms with Gasteiger partial charge in [0.1, 0.15) is 0 Å². The molecule has 3 heteroatoms. The molecule has 0 saturated heterocycles. The summed E-state index contributed by atoms with van der Waals surface area (Å²) < 4.78 is 0. The molecule has 0 unspecified atom stereocenters. The van der Waals surface area contributed by atoms with Crippen LogP contribution in [0.15, 0.2) is 0 Å². The number of amides is 1. The highest BCUT2D eigenvalue weighted by Crippen LogP contribution is 2.24. The number of hydrogen-bond donors (Lipinski definition) is 2. The fourth-order valence-electron chi connectivity index (χ4n) is 0.836. The Morgan fingerprint density at radius 3 is 2.29 bits per heavy atom. The lowest BCUT2D eigenvalue weighted by molar-refractivity contribution is -0.123. The SMILES string of the molecule is CC[C@@H](N)C(=O)NCC(C)(C)C(C)C. The summed E-state index contributed by atoms with van der Waals surface area (Å²) in [5, 5.41) is 2.89. The second kappa shape index (κ2) is 5.35. The van der Waals surface area contributed by atoms with Crippen molar-refractivity contribution in [2.45, 2.75) is 47.1 Å². The molecule has 1 amide bonds. The van der Waals surface area contributed by atoms with Gasteiger partial charge in [-0.1, -0.05) is 34.6 Å². The Balaban J connectivity index is 4.00. The normalized spacial score (nSPS) is 14.2. The summed E-state index contributed by atoms with van der Waals surface area (Å²) in [6, 6.07) is -0.363. The maximum atomic E-state index is 11.4. The largest absolute Gasteiger partial charge is 0.354 e. The van der Waals surface area contributed by atoms with E-state index < -0.39 is 0 Å². The highest BCUT2D eigenvalue weighted by Gasteiger charge is 2.23.